The second-order valence-electron chi connectivity index (χ2n) is 8.53. The molecule has 0 saturated carbocycles. The Kier molecular flexibility index (Phi) is 5.02. The molecule has 4 heterocycles. The summed E-state index contributed by atoms with van der Waals surface area (Å²) in [6, 6.07) is 11.9. The van der Waals surface area contributed by atoms with Crippen LogP contribution in [0.3, 0.4) is 0 Å². The summed E-state index contributed by atoms with van der Waals surface area (Å²) in [6.07, 6.45) is 5.67. The molecule has 152 valence electrons. The Labute approximate surface area is 178 Å². The largest absolute Gasteiger partial charge is 0.371 e. The lowest BCUT2D eigenvalue weighted by atomic mass is 9.90. The minimum Gasteiger partial charge on any atom is -0.371 e. The fraction of sp³-hybridized carbons (Fsp3) is 0.500. The normalized spacial score (nSPS) is 26.2. The zero-order valence-corrected chi connectivity index (χ0v) is 18.5. The highest BCUT2D eigenvalue weighted by Crippen LogP contribution is 2.49. The Morgan fingerprint density at radius 1 is 1.10 bits per heavy atom. The van der Waals surface area contributed by atoms with E-state index in [0.717, 1.165) is 17.9 Å². The topological polar surface area (TPSA) is 31.7 Å². The van der Waals surface area contributed by atoms with Crippen LogP contribution < -0.4 is 4.90 Å². The first-order chi connectivity index (χ1) is 14.2. The fourth-order valence-corrected chi connectivity index (χ4v) is 6.46. The third-order valence-electron chi connectivity index (χ3n) is 6.68. The highest BCUT2D eigenvalue weighted by molar-refractivity contribution is 8.14. The fourth-order valence-electron chi connectivity index (χ4n) is 5.13. The van der Waals surface area contributed by atoms with Gasteiger partial charge in [-0.25, -0.2) is 0 Å². The Morgan fingerprint density at radius 3 is 2.66 bits per heavy atom. The van der Waals surface area contributed by atoms with E-state index in [9.17, 15) is 0 Å². The van der Waals surface area contributed by atoms with Gasteiger partial charge in [0, 0.05) is 36.8 Å². The number of amidine groups is 1. The van der Waals surface area contributed by atoms with Crippen LogP contribution in [0.2, 0.25) is 0 Å². The van der Waals surface area contributed by atoms with Gasteiger partial charge in [0.05, 0.1) is 11.7 Å². The van der Waals surface area contributed by atoms with Crippen molar-refractivity contribution in [3.05, 3.63) is 58.9 Å². The second-order valence-corrected chi connectivity index (χ2v) is 9.51. The van der Waals surface area contributed by atoms with E-state index in [2.05, 4.69) is 54.8 Å². The average Bonchev–Trinajstić information content (AvgIpc) is 3.47. The van der Waals surface area contributed by atoms with E-state index in [-0.39, 0.29) is 12.1 Å². The first-order valence-corrected chi connectivity index (χ1v) is 11.9. The van der Waals surface area contributed by atoms with Crippen molar-refractivity contribution in [1.29, 1.82) is 0 Å². The van der Waals surface area contributed by atoms with Crippen LogP contribution in [0.15, 0.2) is 41.5 Å². The number of rotatable bonds is 4. The van der Waals surface area contributed by atoms with Gasteiger partial charge in [-0.3, -0.25) is 9.98 Å². The third kappa shape index (κ3) is 3.24. The zero-order valence-electron chi connectivity index (χ0n) is 17.6. The molecule has 2 aromatic rings. The molecule has 3 aliphatic rings. The molecule has 0 radical (unpaired) electrons. The highest BCUT2D eigenvalue weighted by Gasteiger charge is 2.46. The van der Waals surface area contributed by atoms with Gasteiger partial charge in [-0.15, -0.1) is 0 Å². The molecule has 0 bridgehead atoms. The van der Waals surface area contributed by atoms with Crippen LogP contribution in [0.5, 0.6) is 0 Å². The molecule has 0 unspecified atom stereocenters. The van der Waals surface area contributed by atoms with Gasteiger partial charge in [0.1, 0.15) is 6.04 Å². The van der Waals surface area contributed by atoms with Crippen molar-refractivity contribution in [3.63, 3.8) is 0 Å². The van der Waals surface area contributed by atoms with Crippen molar-refractivity contribution in [3.8, 4) is 0 Å². The number of aryl methyl sites for hydroxylation is 2. The molecule has 2 fully saturated rings. The maximum atomic E-state index is 5.18. The lowest BCUT2D eigenvalue weighted by Gasteiger charge is -2.33. The van der Waals surface area contributed by atoms with E-state index in [1.54, 1.807) is 0 Å². The molecule has 0 amide bonds. The number of hydrogen-bond donors (Lipinski definition) is 0. The van der Waals surface area contributed by atoms with Gasteiger partial charge in [-0.2, -0.15) is 0 Å². The van der Waals surface area contributed by atoms with Gasteiger partial charge in [-0.05, 0) is 68.0 Å². The molecule has 5 heteroatoms. The van der Waals surface area contributed by atoms with Crippen LogP contribution in [0.25, 0.3) is 0 Å². The lowest BCUT2D eigenvalue weighted by Crippen LogP contribution is -2.35. The third-order valence-corrected chi connectivity index (χ3v) is 7.81. The molecule has 5 rings (SSSR count). The van der Waals surface area contributed by atoms with Gasteiger partial charge < -0.3 is 9.80 Å². The van der Waals surface area contributed by atoms with Crippen LogP contribution in [0.1, 0.15) is 60.7 Å². The van der Waals surface area contributed by atoms with E-state index in [1.165, 1.54) is 53.5 Å². The molecule has 1 aromatic carbocycles. The molecule has 0 spiro atoms. The number of pyridine rings is 1. The lowest BCUT2D eigenvalue weighted by molar-refractivity contribution is 0.254. The van der Waals surface area contributed by atoms with Crippen molar-refractivity contribution in [1.82, 2.24) is 9.88 Å². The van der Waals surface area contributed by atoms with Gasteiger partial charge in [0.15, 0.2) is 5.17 Å². The number of aromatic nitrogens is 1. The van der Waals surface area contributed by atoms with Crippen LogP contribution in [-0.4, -0.2) is 39.9 Å². The summed E-state index contributed by atoms with van der Waals surface area (Å²) in [6.45, 7) is 9.24. The van der Waals surface area contributed by atoms with Crippen LogP contribution >= 0.6 is 11.8 Å². The Morgan fingerprint density at radius 2 is 1.93 bits per heavy atom. The summed E-state index contributed by atoms with van der Waals surface area (Å²) in [5.41, 5.74) is 6.68. The summed E-state index contributed by atoms with van der Waals surface area (Å²) < 4.78 is 0. The van der Waals surface area contributed by atoms with E-state index in [1.807, 2.05) is 24.0 Å². The molecular weight excluding hydrogens is 376 g/mol. The Balaban J connectivity index is 1.59. The molecule has 0 aliphatic carbocycles. The van der Waals surface area contributed by atoms with Crippen molar-refractivity contribution in [2.75, 3.05) is 23.7 Å². The average molecular weight is 407 g/mol. The number of hydrogen-bond acceptors (Lipinski definition) is 5. The van der Waals surface area contributed by atoms with Crippen molar-refractivity contribution >= 4 is 22.6 Å². The summed E-state index contributed by atoms with van der Waals surface area (Å²) in [5, 5.41) is 1.21. The highest BCUT2D eigenvalue weighted by atomic mass is 32.2. The van der Waals surface area contributed by atoms with Gasteiger partial charge in [0.2, 0.25) is 0 Å². The maximum absolute atomic E-state index is 5.18. The quantitative estimate of drug-likeness (QED) is 0.691. The predicted molar refractivity (Wildman–Crippen MR) is 123 cm³/mol. The molecule has 3 aliphatic heterocycles. The van der Waals surface area contributed by atoms with E-state index >= 15 is 0 Å². The molecule has 1 aromatic heterocycles. The minimum absolute atomic E-state index is 0.0730. The summed E-state index contributed by atoms with van der Waals surface area (Å²) >= 11 is 1.92. The molecule has 0 N–H and O–H groups in total. The zero-order chi connectivity index (χ0) is 20.0. The van der Waals surface area contributed by atoms with Gasteiger partial charge in [-0.1, -0.05) is 30.8 Å². The van der Waals surface area contributed by atoms with E-state index < -0.39 is 0 Å². The standard InChI is InChI=1S/C24H30N4S/c1-4-18-15-29-24-26-22(20-9-5-6-10-25-20)23(28(18)24)19-13-17(3)21(14-16(19)2)27-11-7-8-12-27/h5-6,9-10,13-14,18,22-23H,4,7-8,11-12,15H2,1-3H3/t18-,22+,23+/m1/s1. The number of anilines is 1. The smallest absolute Gasteiger partial charge is 0.160 e. The van der Waals surface area contributed by atoms with Gasteiger partial charge >= 0.3 is 0 Å². The number of aliphatic imine (C=N–C) groups is 1. The molecule has 29 heavy (non-hydrogen) atoms. The van der Waals surface area contributed by atoms with Crippen LogP contribution in [0.4, 0.5) is 5.69 Å². The Bertz CT molecular complexity index is 920. The van der Waals surface area contributed by atoms with Crippen LogP contribution in [-0.2, 0) is 0 Å². The minimum atomic E-state index is 0.0730. The first-order valence-electron chi connectivity index (χ1n) is 10.9. The van der Waals surface area contributed by atoms with E-state index in [0.29, 0.717) is 6.04 Å². The molecular formula is C24H30N4S. The van der Waals surface area contributed by atoms with Crippen LogP contribution in [0, 0.1) is 13.8 Å². The van der Waals surface area contributed by atoms with Crippen molar-refractivity contribution in [2.24, 2.45) is 4.99 Å². The summed E-state index contributed by atoms with van der Waals surface area (Å²) in [4.78, 5) is 15.0. The maximum Gasteiger partial charge on any atom is 0.160 e. The summed E-state index contributed by atoms with van der Waals surface area (Å²) in [7, 11) is 0. The number of thioether (sulfide) groups is 1. The predicted octanol–water partition coefficient (Wildman–Crippen LogP) is 5.28. The molecule has 2 saturated heterocycles. The van der Waals surface area contributed by atoms with E-state index in [4.69, 9.17) is 9.98 Å². The second kappa shape index (κ2) is 7.67. The number of benzene rings is 1. The summed E-state index contributed by atoms with van der Waals surface area (Å²) in [5.74, 6) is 1.14. The van der Waals surface area contributed by atoms with Gasteiger partial charge in [0.25, 0.3) is 0 Å². The first kappa shape index (κ1) is 19.0. The van der Waals surface area contributed by atoms with Crippen molar-refractivity contribution in [2.45, 2.75) is 58.2 Å². The molecule has 3 atom stereocenters. The molecule has 4 nitrogen and oxygen atoms in total. The number of fused-ring (bicyclic) bond motifs is 1. The number of nitrogens with zero attached hydrogens (tertiary/aromatic N) is 4. The SMILES string of the molecule is CC[C@@H]1CSC2=N[C@@H](c3ccccn3)[C@H](c3cc(C)c(N4CCCC4)cc3C)N21. The van der Waals surface area contributed by atoms with Crippen molar-refractivity contribution < 1.29 is 0 Å². The monoisotopic (exact) mass is 406 g/mol. The Hall–Kier alpha value is -2.01.